The van der Waals surface area contributed by atoms with E-state index in [1.807, 2.05) is 24.3 Å². The Morgan fingerprint density at radius 2 is 2.14 bits per heavy atom. The topological polar surface area (TPSA) is 93.5 Å². The highest BCUT2D eigenvalue weighted by Crippen LogP contribution is 2.27. The average molecular weight is 397 g/mol. The summed E-state index contributed by atoms with van der Waals surface area (Å²) in [7, 11) is 0. The summed E-state index contributed by atoms with van der Waals surface area (Å²) < 4.78 is 10.9. The van der Waals surface area contributed by atoms with Crippen molar-refractivity contribution in [3.8, 4) is 5.75 Å². The second kappa shape index (κ2) is 7.85. The van der Waals surface area contributed by atoms with Crippen molar-refractivity contribution in [1.29, 1.82) is 0 Å². The molecule has 0 saturated carbocycles. The van der Waals surface area contributed by atoms with E-state index in [4.69, 9.17) is 9.15 Å². The molecule has 0 fully saturated rings. The van der Waals surface area contributed by atoms with Crippen LogP contribution in [0.3, 0.4) is 0 Å². The van der Waals surface area contributed by atoms with Gasteiger partial charge in [0.2, 0.25) is 5.91 Å². The molecule has 1 aliphatic rings. The molecule has 4 rings (SSSR count). The molecule has 2 aromatic heterocycles. The van der Waals surface area contributed by atoms with Gasteiger partial charge in [-0.2, -0.15) is 0 Å². The predicted molar refractivity (Wildman–Crippen MR) is 105 cm³/mol. The molecule has 2 amide bonds. The van der Waals surface area contributed by atoms with Crippen LogP contribution in [0.1, 0.15) is 27.4 Å². The van der Waals surface area contributed by atoms with Gasteiger partial charge in [0, 0.05) is 11.8 Å². The monoisotopic (exact) mass is 397 g/mol. The van der Waals surface area contributed by atoms with Crippen LogP contribution >= 0.6 is 11.3 Å². The summed E-state index contributed by atoms with van der Waals surface area (Å²) in [5.74, 6) is 1.02. The van der Waals surface area contributed by atoms with Crippen molar-refractivity contribution in [2.75, 3.05) is 11.9 Å². The van der Waals surface area contributed by atoms with E-state index in [0.29, 0.717) is 28.7 Å². The fourth-order valence-electron chi connectivity index (χ4n) is 3.05. The number of aromatic nitrogens is 1. The Labute approximate surface area is 165 Å². The lowest BCUT2D eigenvalue weighted by Crippen LogP contribution is -2.35. The van der Waals surface area contributed by atoms with Crippen LogP contribution in [0.4, 0.5) is 5.13 Å². The fourth-order valence-corrected chi connectivity index (χ4v) is 3.76. The third-order valence-electron chi connectivity index (χ3n) is 4.46. The molecule has 0 radical (unpaired) electrons. The highest BCUT2D eigenvalue weighted by atomic mass is 32.1. The number of hydrogen-bond donors (Lipinski definition) is 2. The Balaban J connectivity index is 1.25. The number of ether oxygens (including phenoxy) is 1. The molecule has 3 aromatic rings. The van der Waals surface area contributed by atoms with Crippen molar-refractivity contribution in [3.05, 3.63) is 64.6 Å². The number of fused-ring (bicyclic) bond motifs is 1. The van der Waals surface area contributed by atoms with Crippen molar-refractivity contribution in [1.82, 2.24) is 10.3 Å². The lowest BCUT2D eigenvalue weighted by molar-refractivity contribution is -0.120. The number of nitrogens with zero attached hydrogens (tertiary/aromatic N) is 1. The number of carbonyl (C=O) groups excluding carboxylic acids is 2. The first-order valence-electron chi connectivity index (χ1n) is 8.89. The zero-order valence-electron chi connectivity index (χ0n) is 15.2. The molecule has 8 heteroatoms. The maximum absolute atomic E-state index is 12.2. The van der Waals surface area contributed by atoms with Crippen LogP contribution in [0.25, 0.3) is 0 Å². The summed E-state index contributed by atoms with van der Waals surface area (Å²) in [5, 5.41) is 7.82. The van der Waals surface area contributed by atoms with E-state index in [0.717, 1.165) is 17.7 Å². The maximum Gasteiger partial charge on any atom is 0.260 e. The molecular formula is C20H19N3O4S. The van der Waals surface area contributed by atoms with Crippen LogP contribution < -0.4 is 15.4 Å². The summed E-state index contributed by atoms with van der Waals surface area (Å²) in [6, 6.07) is 9.50. The lowest BCUT2D eigenvalue weighted by atomic mass is 10.1. The summed E-state index contributed by atoms with van der Waals surface area (Å²) >= 11 is 1.28. The SMILES string of the molecule is Cc1occc1C(=O)Nc1nc(CC(=O)NC[C@@H]2Cc3ccccc3O2)cs1. The van der Waals surface area contributed by atoms with Crippen molar-refractivity contribution in [2.45, 2.75) is 25.9 Å². The molecule has 2 N–H and O–H groups in total. The third-order valence-corrected chi connectivity index (χ3v) is 5.26. The van der Waals surface area contributed by atoms with Gasteiger partial charge in [-0.1, -0.05) is 18.2 Å². The number of nitrogens with one attached hydrogen (secondary N) is 2. The van der Waals surface area contributed by atoms with Gasteiger partial charge in [0.1, 0.15) is 17.6 Å². The molecule has 1 aliphatic heterocycles. The van der Waals surface area contributed by atoms with E-state index in [9.17, 15) is 9.59 Å². The zero-order valence-corrected chi connectivity index (χ0v) is 16.0. The minimum atomic E-state index is -0.283. The molecule has 0 bridgehead atoms. The summed E-state index contributed by atoms with van der Waals surface area (Å²) in [5.41, 5.74) is 2.24. The van der Waals surface area contributed by atoms with Crippen molar-refractivity contribution < 1.29 is 18.7 Å². The van der Waals surface area contributed by atoms with Crippen molar-refractivity contribution >= 4 is 28.3 Å². The third kappa shape index (κ3) is 4.07. The molecule has 0 aliphatic carbocycles. The van der Waals surface area contributed by atoms with Crippen LogP contribution in [0, 0.1) is 6.92 Å². The molecule has 3 heterocycles. The fraction of sp³-hybridized carbons (Fsp3) is 0.250. The average Bonchev–Trinajstić information content (AvgIpc) is 3.39. The highest BCUT2D eigenvalue weighted by molar-refractivity contribution is 7.14. The van der Waals surface area contributed by atoms with Crippen LogP contribution in [0.2, 0.25) is 0 Å². The molecule has 144 valence electrons. The van der Waals surface area contributed by atoms with Gasteiger partial charge in [0.15, 0.2) is 5.13 Å². The van der Waals surface area contributed by atoms with Gasteiger partial charge in [-0.3, -0.25) is 14.9 Å². The van der Waals surface area contributed by atoms with E-state index in [2.05, 4.69) is 15.6 Å². The quantitative estimate of drug-likeness (QED) is 0.667. The second-order valence-corrected chi connectivity index (χ2v) is 7.38. The van der Waals surface area contributed by atoms with Crippen LogP contribution in [0.15, 0.2) is 46.4 Å². The van der Waals surface area contributed by atoms with E-state index >= 15 is 0 Å². The Bertz CT molecular complexity index is 985. The highest BCUT2D eigenvalue weighted by Gasteiger charge is 2.22. The molecule has 1 atom stereocenters. The number of benzene rings is 1. The Morgan fingerprint density at radius 3 is 2.93 bits per heavy atom. The minimum absolute atomic E-state index is 0.0511. The number of carbonyl (C=O) groups is 2. The zero-order chi connectivity index (χ0) is 19.5. The van der Waals surface area contributed by atoms with E-state index in [1.54, 1.807) is 18.4 Å². The van der Waals surface area contributed by atoms with Crippen LogP contribution in [-0.2, 0) is 17.6 Å². The number of thiazole rings is 1. The first kappa shape index (κ1) is 18.2. The van der Waals surface area contributed by atoms with E-state index in [1.165, 1.54) is 17.6 Å². The maximum atomic E-state index is 12.2. The number of rotatable bonds is 6. The molecule has 7 nitrogen and oxygen atoms in total. The Kier molecular flexibility index (Phi) is 5.12. The van der Waals surface area contributed by atoms with Crippen molar-refractivity contribution in [2.24, 2.45) is 0 Å². The van der Waals surface area contributed by atoms with Gasteiger partial charge < -0.3 is 14.5 Å². The van der Waals surface area contributed by atoms with Gasteiger partial charge in [0.25, 0.3) is 5.91 Å². The van der Waals surface area contributed by atoms with Crippen molar-refractivity contribution in [3.63, 3.8) is 0 Å². The number of furan rings is 1. The molecule has 0 unspecified atom stereocenters. The largest absolute Gasteiger partial charge is 0.488 e. The van der Waals surface area contributed by atoms with Crippen LogP contribution in [0.5, 0.6) is 5.75 Å². The summed E-state index contributed by atoms with van der Waals surface area (Å²) in [4.78, 5) is 28.7. The van der Waals surface area contributed by atoms with Gasteiger partial charge in [-0.25, -0.2) is 4.98 Å². The summed E-state index contributed by atoms with van der Waals surface area (Å²) in [6.45, 7) is 2.17. The van der Waals surface area contributed by atoms with Gasteiger partial charge in [-0.15, -0.1) is 11.3 Å². The predicted octanol–water partition coefficient (Wildman–Crippen LogP) is 2.96. The number of aryl methyl sites for hydroxylation is 1. The van der Waals surface area contributed by atoms with Gasteiger partial charge in [-0.05, 0) is 24.6 Å². The van der Waals surface area contributed by atoms with E-state index in [-0.39, 0.29) is 24.3 Å². The number of para-hydroxylation sites is 1. The molecule has 0 saturated heterocycles. The standard InChI is InChI=1S/C20H19N3O4S/c1-12-16(6-7-26-12)19(25)23-20-22-14(11-28-20)9-18(24)21-10-15-8-13-4-2-3-5-17(13)27-15/h2-7,11,15H,8-10H2,1H3,(H,21,24)(H,22,23,25)/t15-/m0/s1. The smallest absolute Gasteiger partial charge is 0.260 e. The number of amides is 2. The molecule has 1 aromatic carbocycles. The lowest BCUT2D eigenvalue weighted by Gasteiger charge is -2.11. The summed E-state index contributed by atoms with van der Waals surface area (Å²) in [6.07, 6.45) is 2.35. The Morgan fingerprint density at radius 1 is 1.29 bits per heavy atom. The minimum Gasteiger partial charge on any atom is -0.488 e. The first-order valence-corrected chi connectivity index (χ1v) is 9.77. The molecule has 28 heavy (non-hydrogen) atoms. The molecular weight excluding hydrogens is 378 g/mol. The van der Waals surface area contributed by atoms with E-state index < -0.39 is 0 Å². The second-order valence-electron chi connectivity index (χ2n) is 6.52. The normalized spacial score (nSPS) is 15.0. The first-order chi connectivity index (χ1) is 13.6. The molecule has 0 spiro atoms. The van der Waals surface area contributed by atoms with Gasteiger partial charge >= 0.3 is 0 Å². The number of anilines is 1. The van der Waals surface area contributed by atoms with Crippen LogP contribution in [-0.4, -0.2) is 29.4 Å². The number of hydrogen-bond acceptors (Lipinski definition) is 6. The van der Waals surface area contributed by atoms with Gasteiger partial charge in [0.05, 0.1) is 30.5 Å². The Hall–Kier alpha value is -3.13.